The number of anilines is 2. The molecule has 2 heterocycles. The van der Waals surface area contributed by atoms with E-state index in [9.17, 15) is 0 Å². The van der Waals surface area contributed by atoms with E-state index in [0.29, 0.717) is 0 Å². The Morgan fingerprint density at radius 1 is 0.554 bits per heavy atom. The van der Waals surface area contributed by atoms with Crippen LogP contribution in [-0.2, 0) is 5.41 Å². The van der Waals surface area contributed by atoms with Gasteiger partial charge in [0.2, 0.25) is 0 Å². The van der Waals surface area contributed by atoms with E-state index in [2.05, 4.69) is 217 Å². The largest absolute Gasteiger partial charge is 0.460 e. The first-order valence-corrected chi connectivity index (χ1v) is 19.4. The third-order valence-corrected chi connectivity index (χ3v) is 11.9. The average molecular weight is 719 g/mol. The van der Waals surface area contributed by atoms with E-state index >= 15 is 0 Å². The normalized spacial score (nSPS) is 15.9. The van der Waals surface area contributed by atoms with Crippen LogP contribution in [0.5, 0.6) is 5.75 Å². The molecule has 266 valence electrons. The van der Waals surface area contributed by atoms with Crippen LogP contribution in [0.15, 0.2) is 212 Å². The third kappa shape index (κ3) is 5.05. The van der Waals surface area contributed by atoms with Gasteiger partial charge in [0.1, 0.15) is 11.5 Å². The molecule has 8 aromatic carbocycles. The van der Waals surface area contributed by atoms with Gasteiger partial charge >= 0.3 is 0 Å². The SMILES string of the molecule is C[C@@]12CC=C(N(c3ccc(-c4ccc(-n5c6ccccc6c6ccc7ccccc7c65)cc4)cc3)c3ccccc3-c3ccccc3)C=C1Oc1ccccc12. The summed E-state index contributed by atoms with van der Waals surface area (Å²) in [5.41, 5.74) is 12.7. The number of ether oxygens (including phenoxy) is 1. The summed E-state index contributed by atoms with van der Waals surface area (Å²) in [6.07, 6.45) is 5.47. The van der Waals surface area contributed by atoms with Crippen molar-refractivity contribution in [1.29, 1.82) is 0 Å². The van der Waals surface area contributed by atoms with Gasteiger partial charge < -0.3 is 14.2 Å². The summed E-state index contributed by atoms with van der Waals surface area (Å²) < 4.78 is 8.98. The Kier molecular flexibility index (Phi) is 7.36. The zero-order valence-corrected chi connectivity index (χ0v) is 31.1. The van der Waals surface area contributed by atoms with Crippen molar-refractivity contribution in [2.24, 2.45) is 0 Å². The van der Waals surface area contributed by atoms with Gasteiger partial charge in [-0.25, -0.2) is 0 Å². The zero-order chi connectivity index (χ0) is 37.2. The van der Waals surface area contributed by atoms with Gasteiger partial charge in [0.05, 0.1) is 22.1 Å². The first-order valence-electron chi connectivity index (χ1n) is 19.4. The summed E-state index contributed by atoms with van der Waals surface area (Å²) in [4.78, 5) is 2.39. The minimum absolute atomic E-state index is 0.187. The van der Waals surface area contributed by atoms with E-state index in [0.717, 1.165) is 40.7 Å². The number of hydrogen-bond donors (Lipinski definition) is 0. The Balaban J connectivity index is 0.987. The van der Waals surface area contributed by atoms with Crippen LogP contribution in [0.2, 0.25) is 0 Å². The lowest BCUT2D eigenvalue weighted by atomic mass is 9.76. The molecule has 0 radical (unpaired) electrons. The van der Waals surface area contributed by atoms with Crippen molar-refractivity contribution in [3.05, 3.63) is 217 Å². The second-order valence-electron chi connectivity index (χ2n) is 15.1. The molecule has 0 spiro atoms. The molecule has 0 unspecified atom stereocenters. The van der Waals surface area contributed by atoms with Crippen LogP contribution in [-0.4, -0.2) is 4.57 Å². The summed E-state index contributed by atoms with van der Waals surface area (Å²) in [5, 5.41) is 5.05. The quantitative estimate of drug-likeness (QED) is 0.170. The molecule has 2 aliphatic rings. The summed E-state index contributed by atoms with van der Waals surface area (Å²) in [6.45, 7) is 2.30. The van der Waals surface area contributed by atoms with Crippen LogP contribution < -0.4 is 9.64 Å². The number of hydrogen-bond acceptors (Lipinski definition) is 2. The highest BCUT2D eigenvalue weighted by Crippen LogP contribution is 2.51. The van der Waals surface area contributed by atoms with Crippen LogP contribution in [0.1, 0.15) is 18.9 Å². The maximum atomic E-state index is 6.55. The number of aromatic nitrogens is 1. The molecular formula is C53H38N2O. The highest BCUT2D eigenvalue weighted by molar-refractivity contribution is 6.18. The Hall–Kier alpha value is -7.10. The second kappa shape index (κ2) is 12.8. The Labute approximate surface area is 326 Å². The number of benzene rings is 8. The molecule has 3 nitrogen and oxygen atoms in total. The molecule has 1 aliphatic heterocycles. The molecule has 0 saturated carbocycles. The topological polar surface area (TPSA) is 17.4 Å². The van der Waals surface area contributed by atoms with Crippen molar-refractivity contribution in [3.8, 4) is 33.7 Å². The van der Waals surface area contributed by atoms with Crippen LogP contribution in [0.4, 0.5) is 11.4 Å². The van der Waals surface area contributed by atoms with Crippen molar-refractivity contribution in [3.63, 3.8) is 0 Å². The second-order valence-corrected chi connectivity index (χ2v) is 15.1. The van der Waals surface area contributed by atoms with Crippen LogP contribution in [0, 0.1) is 0 Å². The van der Waals surface area contributed by atoms with Crippen molar-refractivity contribution < 1.29 is 4.74 Å². The van der Waals surface area contributed by atoms with E-state index in [1.807, 2.05) is 0 Å². The highest BCUT2D eigenvalue weighted by Gasteiger charge is 2.43. The lowest BCUT2D eigenvalue weighted by molar-refractivity contribution is 0.375. The predicted octanol–water partition coefficient (Wildman–Crippen LogP) is 13.9. The van der Waals surface area contributed by atoms with Gasteiger partial charge in [-0.2, -0.15) is 0 Å². The predicted molar refractivity (Wildman–Crippen MR) is 233 cm³/mol. The van der Waals surface area contributed by atoms with Crippen LogP contribution in [0.25, 0.3) is 60.5 Å². The summed E-state index contributed by atoms with van der Waals surface area (Å²) >= 11 is 0. The number of fused-ring (bicyclic) bond motifs is 8. The Morgan fingerprint density at radius 2 is 1.23 bits per heavy atom. The van der Waals surface area contributed by atoms with E-state index in [1.54, 1.807) is 0 Å². The molecule has 56 heavy (non-hydrogen) atoms. The number of allylic oxidation sites excluding steroid dienone is 3. The van der Waals surface area contributed by atoms with Crippen molar-refractivity contribution in [2.45, 2.75) is 18.8 Å². The molecule has 1 aliphatic carbocycles. The maximum Gasteiger partial charge on any atom is 0.131 e. The van der Waals surface area contributed by atoms with E-state index in [4.69, 9.17) is 4.74 Å². The molecule has 0 fully saturated rings. The standard InChI is InChI=1S/C53H38N2O/c1-53-34-33-42(35-51(53)56-50-22-12-9-19-47(50)53)54(48-20-10-7-16-43(48)38-13-3-2-4-14-38)40-28-23-36(24-29-40)37-25-30-41(31-26-37)55-49-21-11-8-18-45(49)46-32-27-39-15-5-6-17-44(39)52(46)55/h2-33,35H,34H2,1H3/t53-/m0/s1. The molecule has 1 atom stereocenters. The van der Waals surface area contributed by atoms with Crippen LogP contribution in [0.3, 0.4) is 0 Å². The molecule has 0 amide bonds. The molecule has 11 rings (SSSR count). The molecule has 1 aromatic heterocycles. The molecule has 0 bridgehead atoms. The number of rotatable bonds is 6. The average Bonchev–Trinajstić information content (AvgIpc) is 3.76. The van der Waals surface area contributed by atoms with Gasteiger partial charge in [0.15, 0.2) is 0 Å². The fourth-order valence-electron chi connectivity index (χ4n) is 8.99. The van der Waals surface area contributed by atoms with E-state index < -0.39 is 0 Å². The van der Waals surface area contributed by atoms with Gasteiger partial charge in [-0.3, -0.25) is 0 Å². The summed E-state index contributed by atoms with van der Waals surface area (Å²) in [6, 6.07) is 67.8. The third-order valence-electron chi connectivity index (χ3n) is 11.9. The fourth-order valence-corrected chi connectivity index (χ4v) is 8.99. The van der Waals surface area contributed by atoms with Crippen LogP contribution >= 0.6 is 0 Å². The molecular weight excluding hydrogens is 681 g/mol. The maximum absolute atomic E-state index is 6.55. The van der Waals surface area contributed by atoms with Crippen molar-refractivity contribution in [2.75, 3.05) is 4.90 Å². The Bertz CT molecular complexity index is 3030. The molecule has 3 heteroatoms. The van der Waals surface area contributed by atoms with Gasteiger partial charge in [-0.1, -0.05) is 152 Å². The lowest BCUT2D eigenvalue weighted by Gasteiger charge is -2.34. The fraction of sp³-hybridized carbons (Fsp3) is 0.0566. The van der Waals surface area contributed by atoms with E-state index in [-0.39, 0.29) is 5.41 Å². The van der Waals surface area contributed by atoms with Gasteiger partial charge in [0.25, 0.3) is 0 Å². The van der Waals surface area contributed by atoms with Gasteiger partial charge in [-0.05, 0) is 77.9 Å². The van der Waals surface area contributed by atoms with Gasteiger partial charge in [0, 0.05) is 50.4 Å². The molecule has 0 saturated heterocycles. The smallest absolute Gasteiger partial charge is 0.131 e. The Morgan fingerprint density at radius 3 is 2.07 bits per heavy atom. The summed E-state index contributed by atoms with van der Waals surface area (Å²) in [5.74, 6) is 1.94. The highest BCUT2D eigenvalue weighted by atomic mass is 16.5. The first kappa shape index (κ1) is 32.3. The zero-order valence-electron chi connectivity index (χ0n) is 31.1. The molecule has 9 aromatic rings. The van der Waals surface area contributed by atoms with E-state index in [1.165, 1.54) is 60.4 Å². The monoisotopic (exact) mass is 718 g/mol. The van der Waals surface area contributed by atoms with Crippen molar-refractivity contribution in [1.82, 2.24) is 4.57 Å². The minimum atomic E-state index is -0.187. The molecule has 0 N–H and O–H groups in total. The number of para-hydroxylation sites is 3. The first-order chi connectivity index (χ1) is 27.6. The minimum Gasteiger partial charge on any atom is -0.460 e. The van der Waals surface area contributed by atoms with Crippen molar-refractivity contribution >= 4 is 44.0 Å². The van der Waals surface area contributed by atoms with Gasteiger partial charge in [-0.15, -0.1) is 0 Å². The summed E-state index contributed by atoms with van der Waals surface area (Å²) in [7, 11) is 0. The number of nitrogens with zero attached hydrogens (tertiary/aromatic N) is 2. The lowest BCUT2D eigenvalue weighted by Crippen LogP contribution is -2.27.